The topological polar surface area (TPSA) is 89.5 Å². The molecule has 96 valence electrons. The van der Waals surface area contributed by atoms with Gasteiger partial charge in [-0.3, -0.25) is 4.79 Å². The fourth-order valence-electron chi connectivity index (χ4n) is 1.54. The van der Waals surface area contributed by atoms with Crippen LogP contribution in [0.5, 0.6) is 0 Å². The molecule has 0 aromatic heterocycles. The summed E-state index contributed by atoms with van der Waals surface area (Å²) in [7, 11) is -3.82. The van der Waals surface area contributed by atoms with E-state index in [1.807, 2.05) is 6.92 Å². The van der Waals surface area contributed by atoms with Crippen molar-refractivity contribution in [3.8, 4) is 0 Å². The first-order chi connectivity index (χ1) is 8.38. The van der Waals surface area contributed by atoms with Crippen LogP contribution >= 0.6 is 0 Å². The number of esters is 2. The maximum absolute atomic E-state index is 11.9. The van der Waals surface area contributed by atoms with Gasteiger partial charge in [-0.05, 0) is 19.1 Å². The molecule has 6 nitrogen and oxygen atoms in total. The first-order valence-corrected chi connectivity index (χ1v) is 6.70. The molecule has 1 fully saturated rings. The molecule has 18 heavy (non-hydrogen) atoms. The van der Waals surface area contributed by atoms with Crippen LogP contribution in [0.15, 0.2) is 29.2 Å². The zero-order valence-electron chi connectivity index (χ0n) is 9.54. The molecule has 1 saturated heterocycles. The van der Waals surface area contributed by atoms with Crippen LogP contribution in [0.4, 0.5) is 0 Å². The maximum atomic E-state index is 11.9. The summed E-state index contributed by atoms with van der Waals surface area (Å²) in [5.74, 6) is -1.59. The fourth-order valence-corrected chi connectivity index (χ4v) is 2.72. The molecule has 7 heteroatoms. The van der Waals surface area contributed by atoms with E-state index in [2.05, 4.69) is 9.46 Å². The SMILES string of the molecule is Cc1ccc(S(=O)(=O)N[C@H]2CC(=O)OC2=O)cc1. The first kappa shape index (κ1) is 12.7. The van der Waals surface area contributed by atoms with Crippen molar-refractivity contribution in [1.82, 2.24) is 4.72 Å². The Morgan fingerprint density at radius 3 is 2.33 bits per heavy atom. The van der Waals surface area contributed by atoms with E-state index in [9.17, 15) is 18.0 Å². The molecular weight excluding hydrogens is 258 g/mol. The number of ether oxygens (including phenoxy) is 1. The van der Waals surface area contributed by atoms with E-state index in [0.29, 0.717) is 0 Å². The third-order valence-electron chi connectivity index (χ3n) is 2.50. The van der Waals surface area contributed by atoms with Gasteiger partial charge in [0.1, 0.15) is 6.04 Å². The molecule has 0 bridgehead atoms. The summed E-state index contributed by atoms with van der Waals surface area (Å²) >= 11 is 0. The van der Waals surface area contributed by atoms with Gasteiger partial charge in [-0.15, -0.1) is 0 Å². The number of benzene rings is 1. The highest BCUT2D eigenvalue weighted by Gasteiger charge is 2.36. The van der Waals surface area contributed by atoms with E-state index in [1.54, 1.807) is 12.1 Å². The molecule has 1 aliphatic heterocycles. The summed E-state index contributed by atoms with van der Waals surface area (Å²) in [5, 5.41) is 0. The number of aryl methyl sites for hydroxylation is 1. The minimum atomic E-state index is -3.82. The predicted octanol–water partition coefficient (Wildman–Crippen LogP) is 0.115. The van der Waals surface area contributed by atoms with Crippen molar-refractivity contribution < 1.29 is 22.7 Å². The summed E-state index contributed by atoms with van der Waals surface area (Å²) < 4.78 is 30.3. The summed E-state index contributed by atoms with van der Waals surface area (Å²) in [6.45, 7) is 1.83. The summed E-state index contributed by atoms with van der Waals surface area (Å²) in [5.41, 5.74) is 0.921. The monoisotopic (exact) mass is 269 g/mol. The third-order valence-corrected chi connectivity index (χ3v) is 3.99. The van der Waals surface area contributed by atoms with Crippen molar-refractivity contribution in [2.45, 2.75) is 24.3 Å². The molecule has 0 aliphatic carbocycles. The quantitative estimate of drug-likeness (QED) is 0.621. The van der Waals surface area contributed by atoms with Crippen LogP contribution < -0.4 is 4.72 Å². The minimum Gasteiger partial charge on any atom is -0.392 e. The molecule has 0 spiro atoms. The number of cyclic esters (lactones) is 2. The zero-order valence-corrected chi connectivity index (χ0v) is 10.4. The van der Waals surface area contributed by atoms with Gasteiger partial charge in [-0.1, -0.05) is 17.7 Å². The number of carbonyl (C=O) groups is 2. The Kier molecular flexibility index (Phi) is 3.18. The van der Waals surface area contributed by atoms with Crippen LogP contribution in [0.1, 0.15) is 12.0 Å². The number of carbonyl (C=O) groups excluding carboxylic acids is 2. The molecule has 0 saturated carbocycles. The summed E-state index contributed by atoms with van der Waals surface area (Å²) in [6.07, 6.45) is -0.274. The van der Waals surface area contributed by atoms with E-state index in [1.165, 1.54) is 12.1 Å². The lowest BCUT2D eigenvalue weighted by molar-refractivity contribution is -0.152. The molecule has 0 amide bonds. The lowest BCUT2D eigenvalue weighted by Crippen LogP contribution is -2.37. The standard InChI is InChI=1S/C11H11NO5S/c1-7-2-4-8(5-3-7)18(15,16)12-9-6-10(13)17-11(9)14/h2-5,9,12H,6H2,1H3/t9-/m0/s1. The number of hydrogen-bond acceptors (Lipinski definition) is 5. The van der Waals surface area contributed by atoms with Crippen molar-refractivity contribution in [3.05, 3.63) is 29.8 Å². The molecule has 1 aromatic rings. The molecule has 1 heterocycles. The highest BCUT2D eigenvalue weighted by Crippen LogP contribution is 2.14. The van der Waals surface area contributed by atoms with Crippen LogP contribution in [0, 0.1) is 6.92 Å². The van der Waals surface area contributed by atoms with E-state index < -0.39 is 28.0 Å². The third kappa shape index (κ3) is 2.57. The van der Waals surface area contributed by atoms with Gasteiger partial charge in [-0.25, -0.2) is 13.2 Å². The Labute approximate surface area is 104 Å². The Balaban J connectivity index is 2.20. The minimum absolute atomic E-state index is 0.0419. The second-order valence-corrected chi connectivity index (χ2v) is 5.70. The molecule has 2 rings (SSSR count). The van der Waals surface area contributed by atoms with E-state index in [-0.39, 0.29) is 11.3 Å². The lowest BCUT2D eigenvalue weighted by atomic mass is 10.2. The molecule has 1 atom stereocenters. The van der Waals surface area contributed by atoms with E-state index in [4.69, 9.17) is 0 Å². The number of sulfonamides is 1. The average molecular weight is 269 g/mol. The van der Waals surface area contributed by atoms with Crippen molar-refractivity contribution in [1.29, 1.82) is 0 Å². The Hall–Kier alpha value is -1.73. The van der Waals surface area contributed by atoms with Crippen LogP contribution in [-0.2, 0) is 24.3 Å². The average Bonchev–Trinajstić information content (AvgIpc) is 2.57. The largest absolute Gasteiger partial charge is 0.392 e. The van der Waals surface area contributed by atoms with Gasteiger partial charge >= 0.3 is 11.9 Å². The Morgan fingerprint density at radius 1 is 1.22 bits per heavy atom. The molecule has 0 radical (unpaired) electrons. The van der Waals surface area contributed by atoms with E-state index >= 15 is 0 Å². The van der Waals surface area contributed by atoms with Gasteiger partial charge in [-0.2, -0.15) is 4.72 Å². The lowest BCUT2D eigenvalue weighted by Gasteiger charge is -2.09. The van der Waals surface area contributed by atoms with Crippen LogP contribution in [-0.4, -0.2) is 26.4 Å². The van der Waals surface area contributed by atoms with Crippen molar-refractivity contribution in [2.24, 2.45) is 0 Å². The van der Waals surface area contributed by atoms with Crippen molar-refractivity contribution in [2.75, 3.05) is 0 Å². The number of hydrogen-bond donors (Lipinski definition) is 1. The van der Waals surface area contributed by atoms with Gasteiger partial charge in [0.05, 0.1) is 11.3 Å². The summed E-state index contributed by atoms with van der Waals surface area (Å²) in [4.78, 5) is 22.1. The van der Waals surface area contributed by atoms with Gasteiger partial charge in [0.2, 0.25) is 10.0 Å². The van der Waals surface area contributed by atoms with Gasteiger partial charge < -0.3 is 4.74 Å². The van der Waals surface area contributed by atoms with Gasteiger partial charge in [0.15, 0.2) is 0 Å². The Bertz CT molecular complexity index is 590. The second kappa shape index (κ2) is 4.51. The summed E-state index contributed by atoms with van der Waals surface area (Å²) in [6, 6.07) is 5.02. The van der Waals surface area contributed by atoms with Gasteiger partial charge in [0, 0.05) is 0 Å². The molecular formula is C11H11NO5S. The smallest absolute Gasteiger partial charge is 0.332 e. The second-order valence-electron chi connectivity index (χ2n) is 3.98. The fraction of sp³-hybridized carbons (Fsp3) is 0.273. The maximum Gasteiger partial charge on any atom is 0.332 e. The normalized spacial score (nSPS) is 19.9. The van der Waals surface area contributed by atoms with Crippen LogP contribution in [0.3, 0.4) is 0 Å². The van der Waals surface area contributed by atoms with Crippen LogP contribution in [0.25, 0.3) is 0 Å². The van der Waals surface area contributed by atoms with Gasteiger partial charge in [0.25, 0.3) is 0 Å². The molecule has 1 aromatic carbocycles. The first-order valence-electron chi connectivity index (χ1n) is 5.22. The molecule has 0 unspecified atom stereocenters. The molecule has 1 N–H and O–H groups in total. The van der Waals surface area contributed by atoms with Crippen molar-refractivity contribution >= 4 is 22.0 Å². The van der Waals surface area contributed by atoms with E-state index in [0.717, 1.165) is 5.56 Å². The number of rotatable bonds is 3. The van der Waals surface area contributed by atoms with Crippen molar-refractivity contribution in [3.63, 3.8) is 0 Å². The molecule has 1 aliphatic rings. The highest BCUT2D eigenvalue weighted by molar-refractivity contribution is 7.89. The van der Waals surface area contributed by atoms with Crippen LogP contribution in [0.2, 0.25) is 0 Å². The number of nitrogens with one attached hydrogen (secondary N) is 1. The zero-order chi connectivity index (χ0) is 13.3. The Morgan fingerprint density at radius 2 is 1.83 bits per heavy atom. The predicted molar refractivity (Wildman–Crippen MR) is 61.0 cm³/mol. The highest BCUT2D eigenvalue weighted by atomic mass is 32.2.